The van der Waals surface area contributed by atoms with Crippen LogP contribution < -0.4 is 5.32 Å². The van der Waals surface area contributed by atoms with Crippen LogP contribution in [0.25, 0.3) is 0 Å². The lowest BCUT2D eigenvalue weighted by Gasteiger charge is -2.34. The first-order valence-corrected chi connectivity index (χ1v) is 9.58. The Kier molecular flexibility index (Phi) is 4.57. The molecular weight excluding hydrogens is 338 g/mol. The molecule has 7 heteroatoms. The molecule has 2 aromatic carbocycles. The highest BCUT2D eigenvalue weighted by atomic mass is 32.2. The molecule has 6 nitrogen and oxygen atoms in total. The van der Waals surface area contributed by atoms with Gasteiger partial charge in [-0.1, -0.05) is 30.3 Å². The van der Waals surface area contributed by atoms with Gasteiger partial charge in [-0.15, -0.1) is 0 Å². The molecule has 0 aliphatic carbocycles. The molecule has 0 fully saturated rings. The molecule has 1 atom stereocenters. The Hall–Kier alpha value is -2.69. The van der Waals surface area contributed by atoms with Crippen LogP contribution in [0.2, 0.25) is 0 Å². The van der Waals surface area contributed by atoms with Gasteiger partial charge in [0.15, 0.2) is 0 Å². The molecule has 128 valence electrons. The second-order valence-electron chi connectivity index (χ2n) is 5.98. The average molecular weight is 355 g/mol. The van der Waals surface area contributed by atoms with Crippen LogP contribution in [0.5, 0.6) is 0 Å². The van der Waals surface area contributed by atoms with Gasteiger partial charge < -0.3 is 5.32 Å². The zero-order chi connectivity index (χ0) is 18.0. The van der Waals surface area contributed by atoms with Crippen molar-refractivity contribution in [1.29, 1.82) is 5.26 Å². The number of nitrogens with one attached hydrogen (secondary N) is 1. The van der Waals surface area contributed by atoms with Crippen molar-refractivity contribution >= 4 is 21.6 Å². The lowest BCUT2D eigenvalue weighted by atomic mass is 9.95. The minimum atomic E-state index is -3.55. The predicted molar refractivity (Wildman–Crippen MR) is 94.1 cm³/mol. The summed E-state index contributed by atoms with van der Waals surface area (Å²) in [5.74, 6) is -0.407. The maximum atomic E-state index is 12.7. The Morgan fingerprint density at radius 2 is 1.92 bits per heavy atom. The number of fused-ring (bicyclic) bond motifs is 1. The number of hydrogen-bond acceptors (Lipinski definition) is 4. The second-order valence-corrected chi connectivity index (χ2v) is 7.91. The smallest absolute Gasteiger partial charge is 0.243 e. The van der Waals surface area contributed by atoms with E-state index in [1.165, 1.54) is 4.31 Å². The van der Waals surface area contributed by atoms with Crippen molar-refractivity contribution in [3.05, 3.63) is 65.2 Å². The van der Waals surface area contributed by atoms with Gasteiger partial charge in [0.05, 0.1) is 17.9 Å². The molecule has 1 aliphatic heterocycles. The number of amides is 1. The molecule has 2 aromatic rings. The highest BCUT2D eigenvalue weighted by Gasteiger charge is 2.36. The second kappa shape index (κ2) is 6.67. The van der Waals surface area contributed by atoms with Crippen LogP contribution in [0.4, 0.5) is 5.69 Å². The Balaban J connectivity index is 1.90. The fourth-order valence-corrected chi connectivity index (χ4v) is 3.97. The Morgan fingerprint density at radius 1 is 1.20 bits per heavy atom. The van der Waals surface area contributed by atoms with E-state index in [1.807, 2.05) is 30.3 Å². The Morgan fingerprint density at radius 3 is 2.60 bits per heavy atom. The largest absolute Gasteiger partial charge is 0.325 e. The van der Waals surface area contributed by atoms with Crippen LogP contribution >= 0.6 is 0 Å². The van der Waals surface area contributed by atoms with Crippen molar-refractivity contribution in [2.24, 2.45) is 0 Å². The molecule has 1 aliphatic rings. The van der Waals surface area contributed by atoms with E-state index in [9.17, 15) is 13.2 Å². The zero-order valence-corrected chi connectivity index (χ0v) is 14.5. The molecule has 0 radical (unpaired) electrons. The van der Waals surface area contributed by atoms with Crippen molar-refractivity contribution in [1.82, 2.24) is 4.31 Å². The normalized spacial score (nSPS) is 17.4. The standard InChI is InChI=1S/C18H17N3O3S/c1-25(23,24)21-12-15-7-3-2-6-14(15)10-17(21)18(22)20-16-8-4-5-13(9-16)11-19/h2-9,17H,10,12H2,1H3,(H,20,22). The van der Waals surface area contributed by atoms with Gasteiger partial charge in [0.2, 0.25) is 15.9 Å². The van der Waals surface area contributed by atoms with Crippen molar-refractivity contribution < 1.29 is 13.2 Å². The highest BCUT2D eigenvalue weighted by molar-refractivity contribution is 7.88. The zero-order valence-electron chi connectivity index (χ0n) is 13.6. The van der Waals surface area contributed by atoms with E-state index in [-0.39, 0.29) is 6.54 Å². The number of hydrogen-bond donors (Lipinski definition) is 1. The number of nitriles is 1. The molecule has 1 unspecified atom stereocenters. The minimum Gasteiger partial charge on any atom is -0.325 e. The number of benzene rings is 2. The molecule has 25 heavy (non-hydrogen) atoms. The Labute approximate surface area is 146 Å². The van der Waals surface area contributed by atoms with E-state index in [1.54, 1.807) is 24.3 Å². The predicted octanol–water partition coefficient (Wildman–Crippen LogP) is 1.88. The van der Waals surface area contributed by atoms with Gasteiger partial charge in [-0.3, -0.25) is 4.79 Å². The van der Waals surface area contributed by atoms with Crippen LogP contribution in [0.15, 0.2) is 48.5 Å². The first-order chi connectivity index (χ1) is 11.9. The Bertz CT molecular complexity index is 964. The average Bonchev–Trinajstić information content (AvgIpc) is 2.60. The van der Waals surface area contributed by atoms with Gasteiger partial charge in [-0.05, 0) is 35.7 Å². The van der Waals surface area contributed by atoms with Gasteiger partial charge in [-0.25, -0.2) is 8.42 Å². The lowest BCUT2D eigenvalue weighted by molar-refractivity contribution is -0.120. The van der Waals surface area contributed by atoms with Gasteiger partial charge in [0.1, 0.15) is 6.04 Å². The first kappa shape index (κ1) is 17.1. The monoisotopic (exact) mass is 355 g/mol. The molecule has 0 saturated heterocycles. The van der Waals surface area contributed by atoms with Crippen molar-refractivity contribution in [2.45, 2.75) is 19.0 Å². The van der Waals surface area contributed by atoms with Crippen molar-refractivity contribution in [2.75, 3.05) is 11.6 Å². The summed E-state index contributed by atoms with van der Waals surface area (Å²) < 4.78 is 25.6. The lowest BCUT2D eigenvalue weighted by Crippen LogP contribution is -2.50. The molecule has 1 heterocycles. The van der Waals surface area contributed by atoms with Gasteiger partial charge in [0.25, 0.3) is 0 Å². The molecule has 0 bridgehead atoms. The summed E-state index contributed by atoms with van der Waals surface area (Å²) in [7, 11) is -3.55. The van der Waals surface area contributed by atoms with Crippen molar-refractivity contribution in [3.8, 4) is 6.07 Å². The third kappa shape index (κ3) is 3.71. The summed E-state index contributed by atoms with van der Waals surface area (Å²) in [5, 5.41) is 11.7. The number of sulfonamides is 1. The summed E-state index contributed by atoms with van der Waals surface area (Å²) >= 11 is 0. The number of carbonyl (C=O) groups excluding carboxylic acids is 1. The molecule has 1 amide bonds. The SMILES string of the molecule is CS(=O)(=O)N1Cc2ccccc2CC1C(=O)Nc1cccc(C#N)c1. The number of anilines is 1. The van der Waals surface area contributed by atoms with Crippen LogP contribution in [0, 0.1) is 11.3 Å². The van der Waals surface area contributed by atoms with Crippen LogP contribution in [-0.4, -0.2) is 30.9 Å². The maximum Gasteiger partial charge on any atom is 0.243 e. The van der Waals surface area contributed by atoms with Crippen LogP contribution in [-0.2, 0) is 27.8 Å². The van der Waals surface area contributed by atoms with E-state index in [0.717, 1.165) is 17.4 Å². The van der Waals surface area contributed by atoms with E-state index in [2.05, 4.69) is 5.32 Å². The molecule has 1 N–H and O–H groups in total. The summed E-state index contributed by atoms with van der Waals surface area (Å²) in [6.45, 7) is 0.172. The number of carbonyl (C=O) groups is 1. The molecule has 0 aromatic heterocycles. The van der Waals surface area contributed by atoms with Gasteiger partial charge in [-0.2, -0.15) is 9.57 Å². The summed E-state index contributed by atoms with van der Waals surface area (Å²) in [4.78, 5) is 12.7. The summed E-state index contributed by atoms with van der Waals surface area (Å²) in [6, 6.07) is 15.2. The quantitative estimate of drug-likeness (QED) is 0.910. The topological polar surface area (TPSA) is 90.3 Å². The summed E-state index contributed by atoms with van der Waals surface area (Å²) in [6.07, 6.45) is 1.42. The fourth-order valence-electron chi connectivity index (χ4n) is 2.96. The third-order valence-electron chi connectivity index (χ3n) is 4.19. The van der Waals surface area contributed by atoms with Crippen LogP contribution in [0.1, 0.15) is 16.7 Å². The fraction of sp³-hybridized carbons (Fsp3) is 0.222. The van der Waals surface area contributed by atoms with Crippen LogP contribution in [0.3, 0.4) is 0 Å². The van der Waals surface area contributed by atoms with Gasteiger partial charge >= 0.3 is 0 Å². The minimum absolute atomic E-state index is 0.172. The maximum absolute atomic E-state index is 12.7. The molecule has 0 spiro atoms. The molecule has 3 rings (SSSR count). The van der Waals surface area contributed by atoms with E-state index in [4.69, 9.17) is 5.26 Å². The van der Waals surface area contributed by atoms with E-state index < -0.39 is 22.0 Å². The first-order valence-electron chi connectivity index (χ1n) is 7.73. The van der Waals surface area contributed by atoms with E-state index >= 15 is 0 Å². The number of rotatable bonds is 3. The van der Waals surface area contributed by atoms with Gasteiger partial charge in [0, 0.05) is 12.2 Å². The molecular formula is C18H17N3O3S. The van der Waals surface area contributed by atoms with Crippen molar-refractivity contribution in [3.63, 3.8) is 0 Å². The third-order valence-corrected chi connectivity index (χ3v) is 5.43. The molecule has 0 saturated carbocycles. The summed E-state index contributed by atoms with van der Waals surface area (Å²) in [5.41, 5.74) is 2.76. The number of nitrogens with zero attached hydrogens (tertiary/aromatic N) is 2. The van der Waals surface area contributed by atoms with E-state index in [0.29, 0.717) is 17.7 Å². The highest BCUT2D eigenvalue weighted by Crippen LogP contribution is 2.26.